The Kier molecular flexibility index (Phi) is 4.97. The fraction of sp³-hybridized carbons (Fsp3) is 0.304. The first-order chi connectivity index (χ1) is 14.6. The third-order valence-electron chi connectivity index (χ3n) is 5.77. The maximum absolute atomic E-state index is 12.6. The number of ether oxygens (including phenoxy) is 1. The summed E-state index contributed by atoms with van der Waals surface area (Å²) in [5, 5.41) is 6.41. The van der Waals surface area contributed by atoms with E-state index in [4.69, 9.17) is 16.3 Å². The highest BCUT2D eigenvalue weighted by Crippen LogP contribution is 2.42. The quantitative estimate of drug-likeness (QED) is 0.729. The normalized spacial score (nSPS) is 20.4. The van der Waals surface area contributed by atoms with Gasteiger partial charge in [-0.15, -0.1) is 0 Å². The van der Waals surface area contributed by atoms with Gasteiger partial charge in [0.15, 0.2) is 0 Å². The molecule has 154 valence electrons. The zero-order valence-corrected chi connectivity index (χ0v) is 17.2. The average Bonchev–Trinajstić information content (AvgIpc) is 3.27. The summed E-state index contributed by atoms with van der Waals surface area (Å²) in [7, 11) is 0. The summed E-state index contributed by atoms with van der Waals surface area (Å²) < 4.78 is 5.91. The van der Waals surface area contributed by atoms with Gasteiger partial charge in [0.2, 0.25) is 5.91 Å². The summed E-state index contributed by atoms with van der Waals surface area (Å²) >= 11 is 6.14. The largest absolute Gasteiger partial charge is 0.487 e. The van der Waals surface area contributed by atoms with Gasteiger partial charge in [-0.1, -0.05) is 18.0 Å². The minimum atomic E-state index is -0.200. The number of likely N-dealkylation sites (tertiary alicyclic amines) is 1. The number of fused-ring (bicyclic) bond motifs is 2. The van der Waals surface area contributed by atoms with Crippen LogP contribution in [-0.4, -0.2) is 36.3 Å². The fourth-order valence-electron chi connectivity index (χ4n) is 4.33. The fourth-order valence-corrected chi connectivity index (χ4v) is 4.51. The van der Waals surface area contributed by atoms with Crippen LogP contribution >= 0.6 is 11.6 Å². The predicted octanol–water partition coefficient (Wildman–Crippen LogP) is 4.12. The molecule has 0 radical (unpaired) electrons. The summed E-state index contributed by atoms with van der Waals surface area (Å²) in [5.74, 6) is 0.344. The molecule has 2 amide bonds. The Morgan fingerprint density at radius 2 is 1.93 bits per heavy atom. The highest BCUT2D eigenvalue weighted by Gasteiger charge is 2.32. The molecule has 1 saturated heterocycles. The van der Waals surface area contributed by atoms with E-state index >= 15 is 0 Å². The molecule has 7 heteroatoms. The van der Waals surface area contributed by atoms with Crippen LogP contribution < -0.4 is 10.6 Å². The molecule has 2 aromatic carbocycles. The lowest BCUT2D eigenvalue weighted by Gasteiger charge is -2.25. The molecular formula is C23H22ClN3O3. The molecule has 5 rings (SSSR count). The Labute approximate surface area is 179 Å². The molecule has 0 atom stereocenters. The average molecular weight is 424 g/mol. The number of anilines is 2. The van der Waals surface area contributed by atoms with Crippen LogP contribution in [0.3, 0.4) is 0 Å². The number of benzene rings is 2. The van der Waals surface area contributed by atoms with Gasteiger partial charge in [0.05, 0.1) is 12.1 Å². The van der Waals surface area contributed by atoms with Crippen LogP contribution in [0.2, 0.25) is 5.02 Å². The van der Waals surface area contributed by atoms with E-state index in [2.05, 4.69) is 15.5 Å². The van der Waals surface area contributed by atoms with E-state index in [1.165, 1.54) is 6.42 Å². The molecule has 2 N–H and O–H groups in total. The number of nitrogens with zero attached hydrogens (tertiary/aromatic N) is 1. The molecule has 1 fully saturated rings. The first-order valence-corrected chi connectivity index (χ1v) is 10.6. The summed E-state index contributed by atoms with van der Waals surface area (Å²) in [4.78, 5) is 27.2. The van der Waals surface area contributed by atoms with Gasteiger partial charge in [-0.25, -0.2) is 0 Å². The van der Waals surface area contributed by atoms with Crippen molar-refractivity contribution >= 4 is 46.1 Å². The van der Waals surface area contributed by atoms with Crippen molar-refractivity contribution in [2.45, 2.75) is 25.9 Å². The van der Waals surface area contributed by atoms with Crippen LogP contribution in [0.25, 0.3) is 11.3 Å². The maximum atomic E-state index is 12.6. The van der Waals surface area contributed by atoms with E-state index in [0.717, 1.165) is 54.0 Å². The lowest BCUT2D eigenvalue weighted by molar-refractivity contribution is -0.117. The topological polar surface area (TPSA) is 70.7 Å². The van der Waals surface area contributed by atoms with Crippen molar-refractivity contribution < 1.29 is 14.3 Å². The number of hydrogen-bond acceptors (Lipinski definition) is 4. The molecule has 0 saturated carbocycles. The van der Waals surface area contributed by atoms with Gasteiger partial charge in [-0.05, 0) is 62.3 Å². The summed E-state index contributed by atoms with van der Waals surface area (Å²) in [6, 6.07) is 11.0. The van der Waals surface area contributed by atoms with Crippen molar-refractivity contribution in [1.29, 1.82) is 0 Å². The molecule has 3 aliphatic heterocycles. The molecule has 0 bridgehead atoms. The predicted molar refractivity (Wildman–Crippen MR) is 117 cm³/mol. The van der Waals surface area contributed by atoms with E-state index in [1.807, 2.05) is 18.2 Å². The third-order valence-corrected chi connectivity index (χ3v) is 6.01. The highest BCUT2D eigenvalue weighted by atomic mass is 35.5. The standard InChI is InChI=1S/C23H22ClN3O3/c24-15-4-7-19-18(11-15)21(23(29)26-19)22-17-6-5-16(10-14(17)13-30-22)25-20(28)12-27-8-2-1-3-9-27/h4-7,10-11H,1-3,8-9,12-13H2,(H,25,28)(H,26,29)/b22-21+. The second-order valence-corrected chi connectivity index (χ2v) is 8.33. The van der Waals surface area contributed by atoms with Gasteiger partial charge in [0, 0.05) is 33.1 Å². The minimum Gasteiger partial charge on any atom is -0.487 e. The van der Waals surface area contributed by atoms with Crippen molar-refractivity contribution in [2.75, 3.05) is 30.3 Å². The van der Waals surface area contributed by atoms with Gasteiger partial charge in [0.25, 0.3) is 5.91 Å². The van der Waals surface area contributed by atoms with E-state index in [0.29, 0.717) is 29.5 Å². The van der Waals surface area contributed by atoms with Crippen LogP contribution in [0.4, 0.5) is 11.4 Å². The SMILES string of the molecule is O=C(CN1CCCCC1)Nc1ccc2c(c1)CO/C2=C1/C(=O)Nc2ccc(Cl)cc21. The van der Waals surface area contributed by atoms with Crippen molar-refractivity contribution in [3.8, 4) is 0 Å². The molecule has 0 spiro atoms. The lowest BCUT2D eigenvalue weighted by Crippen LogP contribution is -2.36. The third kappa shape index (κ3) is 3.57. The van der Waals surface area contributed by atoms with Crippen LogP contribution in [-0.2, 0) is 20.9 Å². The number of halogens is 1. The number of carbonyl (C=O) groups excluding carboxylic acids is 2. The summed E-state index contributed by atoms with van der Waals surface area (Å²) in [5.41, 5.74) is 4.51. The lowest BCUT2D eigenvalue weighted by atomic mass is 10.00. The number of nitrogens with one attached hydrogen (secondary N) is 2. The summed E-state index contributed by atoms with van der Waals surface area (Å²) in [6.07, 6.45) is 3.56. The number of amides is 2. The number of hydrogen-bond donors (Lipinski definition) is 2. The Morgan fingerprint density at radius 1 is 1.10 bits per heavy atom. The molecule has 6 nitrogen and oxygen atoms in total. The van der Waals surface area contributed by atoms with Crippen molar-refractivity contribution in [2.24, 2.45) is 0 Å². The molecule has 3 heterocycles. The van der Waals surface area contributed by atoms with Crippen LogP contribution in [0.1, 0.15) is 36.0 Å². The van der Waals surface area contributed by atoms with Crippen LogP contribution in [0, 0.1) is 0 Å². The minimum absolute atomic E-state index is 0.00640. The molecule has 0 aromatic heterocycles. The Bertz CT molecular complexity index is 1070. The van der Waals surface area contributed by atoms with E-state index in [-0.39, 0.29) is 11.8 Å². The summed E-state index contributed by atoms with van der Waals surface area (Å²) in [6.45, 7) is 2.74. The van der Waals surface area contributed by atoms with E-state index in [9.17, 15) is 9.59 Å². The van der Waals surface area contributed by atoms with Gasteiger partial charge in [-0.2, -0.15) is 0 Å². The first kappa shape index (κ1) is 19.2. The Hall–Kier alpha value is -2.83. The van der Waals surface area contributed by atoms with Gasteiger partial charge in [0.1, 0.15) is 12.4 Å². The number of piperidine rings is 1. The Balaban J connectivity index is 1.38. The van der Waals surface area contributed by atoms with Crippen molar-refractivity contribution in [3.63, 3.8) is 0 Å². The molecular weight excluding hydrogens is 402 g/mol. The number of rotatable bonds is 3. The Morgan fingerprint density at radius 3 is 2.77 bits per heavy atom. The van der Waals surface area contributed by atoms with E-state index in [1.54, 1.807) is 18.2 Å². The van der Waals surface area contributed by atoms with Gasteiger partial charge < -0.3 is 15.4 Å². The molecule has 0 unspecified atom stereocenters. The highest BCUT2D eigenvalue weighted by molar-refractivity contribution is 6.38. The van der Waals surface area contributed by atoms with Gasteiger partial charge in [-0.3, -0.25) is 14.5 Å². The van der Waals surface area contributed by atoms with Crippen molar-refractivity contribution in [3.05, 3.63) is 58.1 Å². The monoisotopic (exact) mass is 423 g/mol. The van der Waals surface area contributed by atoms with E-state index < -0.39 is 0 Å². The number of carbonyl (C=O) groups is 2. The van der Waals surface area contributed by atoms with Crippen LogP contribution in [0.5, 0.6) is 0 Å². The van der Waals surface area contributed by atoms with Crippen molar-refractivity contribution in [1.82, 2.24) is 4.90 Å². The zero-order chi connectivity index (χ0) is 20.7. The zero-order valence-electron chi connectivity index (χ0n) is 16.5. The molecule has 3 aliphatic rings. The second-order valence-electron chi connectivity index (χ2n) is 7.89. The van der Waals surface area contributed by atoms with Gasteiger partial charge >= 0.3 is 0 Å². The molecule has 30 heavy (non-hydrogen) atoms. The molecule has 0 aliphatic carbocycles. The maximum Gasteiger partial charge on any atom is 0.260 e. The smallest absolute Gasteiger partial charge is 0.260 e. The van der Waals surface area contributed by atoms with Crippen LogP contribution in [0.15, 0.2) is 36.4 Å². The molecule has 2 aromatic rings. The second kappa shape index (κ2) is 7.78. The first-order valence-electron chi connectivity index (χ1n) is 10.2.